The standard InChI is InChI=1S/C30H52N2O4S2/c1-13-27(9)17-23(35-25(33)21(5)6)18-28(10,14-2)31(27)37-38-32-29(11,15-3)19-24(20-30(32,12)16-4)36-26(34)22(7)8/h23-24H,5,7,13-20H2,1-4,6,8-12H3. The summed E-state index contributed by atoms with van der Waals surface area (Å²) in [5, 5.41) is 0. The Morgan fingerprint density at radius 2 is 0.895 bits per heavy atom. The van der Waals surface area contributed by atoms with Crippen molar-refractivity contribution in [2.24, 2.45) is 0 Å². The van der Waals surface area contributed by atoms with Crippen LogP contribution in [0.1, 0.15) is 121 Å². The summed E-state index contributed by atoms with van der Waals surface area (Å²) < 4.78 is 17.0. The van der Waals surface area contributed by atoms with E-state index < -0.39 is 0 Å². The molecule has 2 heterocycles. The first-order valence-electron chi connectivity index (χ1n) is 14.2. The van der Waals surface area contributed by atoms with Gasteiger partial charge >= 0.3 is 11.9 Å². The normalized spacial score (nSPS) is 36.5. The molecular formula is C30H52N2O4S2. The summed E-state index contributed by atoms with van der Waals surface area (Å²) in [5.41, 5.74) is 0.345. The average molecular weight is 569 g/mol. The fourth-order valence-electron chi connectivity index (χ4n) is 5.99. The second kappa shape index (κ2) is 12.7. The molecule has 4 unspecified atom stereocenters. The van der Waals surface area contributed by atoms with Gasteiger partial charge in [-0.1, -0.05) is 40.9 Å². The quantitative estimate of drug-likeness (QED) is 0.107. The van der Waals surface area contributed by atoms with E-state index in [1.807, 2.05) is 22.0 Å². The van der Waals surface area contributed by atoms with Crippen molar-refractivity contribution in [1.82, 2.24) is 8.61 Å². The monoisotopic (exact) mass is 568 g/mol. The van der Waals surface area contributed by atoms with E-state index in [0.29, 0.717) is 11.1 Å². The summed E-state index contributed by atoms with van der Waals surface area (Å²) in [4.78, 5) is 24.8. The van der Waals surface area contributed by atoms with E-state index in [1.165, 1.54) is 0 Å². The first-order chi connectivity index (χ1) is 17.5. The smallest absolute Gasteiger partial charge is 0.333 e. The Labute approximate surface area is 240 Å². The Hall–Kier alpha value is -0.960. The van der Waals surface area contributed by atoms with Crippen molar-refractivity contribution < 1.29 is 19.1 Å². The van der Waals surface area contributed by atoms with Crippen molar-refractivity contribution in [2.75, 3.05) is 0 Å². The molecule has 0 aromatic carbocycles. The number of piperidine rings is 2. The molecule has 2 rings (SSSR count). The van der Waals surface area contributed by atoms with E-state index >= 15 is 0 Å². The molecule has 2 saturated heterocycles. The topological polar surface area (TPSA) is 59.1 Å². The molecule has 0 saturated carbocycles. The molecule has 0 aromatic heterocycles. The van der Waals surface area contributed by atoms with Crippen molar-refractivity contribution in [3.8, 4) is 0 Å². The molecule has 0 spiro atoms. The number of nitrogens with zero attached hydrogens (tertiary/aromatic N) is 2. The minimum absolute atomic E-state index is 0.128. The zero-order valence-electron chi connectivity index (χ0n) is 25.6. The number of rotatable bonds is 11. The lowest BCUT2D eigenvalue weighted by Gasteiger charge is -2.59. The molecule has 6 nitrogen and oxygen atoms in total. The third-order valence-corrected chi connectivity index (χ3v) is 12.3. The largest absolute Gasteiger partial charge is 0.459 e. The van der Waals surface area contributed by atoms with Gasteiger partial charge in [0.25, 0.3) is 0 Å². The molecule has 38 heavy (non-hydrogen) atoms. The van der Waals surface area contributed by atoms with E-state index in [-0.39, 0.29) is 46.3 Å². The number of carbonyl (C=O) groups excluding carboxylic acids is 2. The highest BCUT2D eigenvalue weighted by Crippen LogP contribution is 2.56. The lowest BCUT2D eigenvalue weighted by Crippen LogP contribution is -2.63. The van der Waals surface area contributed by atoms with Gasteiger partial charge in [0, 0.05) is 80.9 Å². The van der Waals surface area contributed by atoms with Crippen LogP contribution in [-0.2, 0) is 19.1 Å². The number of carbonyl (C=O) groups is 2. The molecule has 0 N–H and O–H groups in total. The zero-order chi connectivity index (χ0) is 29.1. The zero-order valence-corrected chi connectivity index (χ0v) is 27.2. The summed E-state index contributed by atoms with van der Waals surface area (Å²) in [5.74, 6) is -0.593. The Kier molecular flexibility index (Phi) is 11.1. The summed E-state index contributed by atoms with van der Waals surface area (Å²) in [7, 11) is 3.69. The van der Waals surface area contributed by atoms with Gasteiger partial charge in [0.1, 0.15) is 12.2 Å². The fraction of sp³-hybridized carbons (Fsp3) is 0.800. The highest BCUT2D eigenvalue weighted by molar-refractivity contribution is 8.74. The lowest BCUT2D eigenvalue weighted by molar-refractivity contribution is -0.153. The Morgan fingerprint density at radius 3 is 1.08 bits per heavy atom. The van der Waals surface area contributed by atoms with E-state index in [9.17, 15) is 9.59 Å². The highest BCUT2D eigenvalue weighted by Gasteiger charge is 2.54. The Bertz CT molecular complexity index is 801. The van der Waals surface area contributed by atoms with Crippen LogP contribution < -0.4 is 0 Å². The minimum atomic E-state index is -0.296. The molecule has 218 valence electrons. The van der Waals surface area contributed by atoms with Gasteiger partial charge in [-0.05, 0) is 67.2 Å². The van der Waals surface area contributed by atoms with E-state index in [2.05, 4.69) is 77.2 Å². The van der Waals surface area contributed by atoms with Gasteiger partial charge < -0.3 is 9.47 Å². The number of hydrogen-bond acceptors (Lipinski definition) is 8. The molecular weight excluding hydrogens is 516 g/mol. The predicted molar refractivity (Wildman–Crippen MR) is 161 cm³/mol. The van der Waals surface area contributed by atoms with Crippen molar-refractivity contribution >= 4 is 33.9 Å². The second-order valence-corrected chi connectivity index (χ2v) is 14.5. The van der Waals surface area contributed by atoms with Gasteiger partial charge in [0.2, 0.25) is 0 Å². The van der Waals surface area contributed by atoms with Crippen LogP contribution in [0.4, 0.5) is 0 Å². The van der Waals surface area contributed by atoms with Gasteiger partial charge in [0.05, 0.1) is 0 Å². The van der Waals surface area contributed by atoms with E-state index in [4.69, 9.17) is 9.47 Å². The van der Waals surface area contributed by atoms with Crippen molar-refractivity contribution in [3.05, 3.63) is 24.3 Å². The van der Waals surface area contributed by atoms with Crippen molar-refractivity contribution in [2.45, 2.75) is 155 Å². The maximum atomic E-state index is 12.4. The third-order valence-electron chi connectivity index (χ3n) is 9.10. The number of ether oxygens (including phenoxy) is 2. The number of hydrogen-bond donors (Lipinski definition) is 0. The molecule has 4 atom stereocenters. The first-order valence-corrected chi connectivity index (χ1v) is 16.3. The van der Waals surface area contributed by atoms with Gasteiger partial charge in [-0.25, -0.2) is 18.2 Å². The molecule has 0 aliphatic carbocycles. The lowest BCUT2D eigenvalue weighted by atomic mass is 9.76. The van der Waals surface area contributed by atoms with Crippen molar-refractivity contribution in [1.29, 1.82) is 0 Å². The molecule has 0 amide bonds. The van der Waals surface area contributed by atoms with Crippen LogP contribution in [0.25, 0.3) is 0 Å². The van der Waals surface area contributed by atoms with Gasteiger partial charge in [0.15, 0.2) is 0 Å². The summed E-state index contributed by atoms with van der Waals surface area (Å²) in [6, 6.07) is 0. The average Bonchev–Trinajstić information content (AvgIpc) is 2.84. The van der Waals surface area contributed by atoms with Crippen LogP contribution in [-0.4, -0.2) is 54.9 Å². The highest BCUT2D eigenvalue weighted by atomic mass is 33.1. The maximum absolute atomic E-state index is 12.4. The summed E-state index contributed by atoms with van der Waals surface area (Å²) >= 11 is 0. The second-order valence-electron chi connectivity index (χ2n) is 12.6. The molecule has 0 radical (unpaired) electrons. The Balaban J connectivity index is 2.33. The van der Waals surface area contributed by atoms with Crippen LogP contribution in [0.15, 0.2) is 24.3 Å². The molecule has 2 aliphatic rings. The van der Waals surface area contributed by atoms with Gasteiger partial charge in [-0.15, -0.1) is 0 Å². The molecule has 2 aliphatic heterocycles. The first kappa shape index (κ1) is 33.2. The molecule has 0 bridgehead atoms. The van der Waals surface area contributed by atoms with Crippen LogP contribution in [0.3, 0.4) is 0 Å². The predicted octanol–water partition coefficient (Wildman–Crippen LogP) is 8.04. The third kappa shape index (κ3) is 7.02. The van der Waals surface area contributed by atoms with Crippen LogP contribution in [0.5, 0.6) is 0 Å². The fourth-order valence-corrected chi connectivity index (χ4v) is 10.2. The minimum Gasteiger partial charge on any atom is -0.459 e. The summed E-state index contributed by atoms with van der Waals surface area (Å²) in [6.07, 6.45) is 6.72. The van der Waals surface area contributed by atoms with E-state index in [0.717, 1.165) is 51.4 Å². The van der Waals surface area contributed by atoms with Crippen molar-refractivity contribution in [3.63, 3.8) is 0 Å². The Morgan fingerprint density at radius 1 is 0.658 bits per heavy atom. The van der Waals surface area contributed by atoms with Crippen LogP contribution in [0.2, 0.25) is 0 Å². The van der Waals surface area contributed by atoms with Gasteiger partial charge in [-0.2, -0.15) is 0 Å². The van der Waals surface area contributed by atoms with Crippen LogP contribution >= 0.6 is 22.0 Å². The molecule has 2 fully saturated rings. The maximum Gasteiger partial charge on any atom is 0.333 e. The summed E-state index contributed by atoms with van der Waals surface area (Å²) in [6.45, 7) is 29.1. The SMILES string of the molecule is C=C(C)C(=O)OC1CC(C)(CC)N(SSN2C(C)(CC)CC(OC(=O)C(=C)C)CC2(C)CC)C(C)(CC)C1. The van der Waals surface area contributed by atoms with E-state index in [1.54, 1.807) is 13.8 Å². The number of esters is 2. The van der Waals surface area contributed by atoms with Crippen LogP contribution in [0, 0.1) is 0 Å². The van der Waals surface area contributed by atoms with Gasteiger partial charge in [-0.3, -0.25) is 0 Å². The molecule has 8 heteroatoms. The molecule has 0 aromatic rings.